The Labute approximate surface area is 118 Å². The normalized spacial score (nSPS) is 26.3. The van der Waals surface area contributed by atoms with Crippen LogP contribution >= 0.6 is 0 Å². The Hall–Kier alpha value is -0.203. The van der Waals surface area contributed by atoms with E-state index in [4.69, 9.17) is 13.6 Å². The summed E-state index contributed by atoms with van der Waals surface area (Å²) in [5.41, 5.74) is 0. The standard InChI is InChI=1S/C14H29NO3Si/c1-5-11-15-12-8-10-14(16-2)9-6-7-13-19(14,17-3)18-4/h5,15H,1,6-13H2,2-4H3. The minimum atomic E-state index is -2.25. The molecule has 0 saturated carbocycles. The number of ether oxygens (including phenoxy) is 1. The summed E-state index contributed by atoms with van der Waals surface area (Å²) in [6, 6.07) is 1.04. The average Bonchev–Trinajstić information content (AvgIpc) is 2.47. The lowest BCUT2D eigenvalue weighted by atomic mass is 10.1. The molecule has 19 heavy (non-hydrogen) atoms. The van der Waals surface area contributed by atoms with Gasteiger partial charge in [0, 0.05) is 27.9 Å². The lowest BCUT2D eigenvalue weighted by Crippen LogP contribution is -2.64. The van der Waals surface area contributed by atoms with Crippen LogP contribution in [0, 0.1) is 0 Å². The van der Waals surface area contributed by atoms with Crippen LogP contribution in [-0.2, 0) is 13.6 Å². The van der Waals surface area contributed by atoms with Gasteiger partial charge in [-0.25, -0.2) is 0 Å². The van der Waals surface area contributed by atoms with E-state index in [1.165, 1.54) is 12.8 Å². The molecule has 1 N–H and O–H groups in total. The van der Waals surface area contributed by atoms with E-state index >= 15 is 0 Å². The second kappa shape index (κ2) is 8.17. The molecule has 1 fully saturated rings. The summed E-state index contributed by atoms with van der Waals surface area (Å²) in [5.74, 6) is 0. The first-order valence-corrected chi connectivity index (χ1v) is 9.19. The van der Waals surface area contributed by atoms with Gasteiger partial charge < -0.3 is 18.9 Å². The number of rotatable bonds is 9. The van der Waals surface area contributed by atoms with E-state index < -0.39 is 8.56 Å². The molecule has 0 aromatic heterocycles. The molecule has 1 aliphatic rings. The highest BCUT2D eigenvalue weighted by atomic mass is 28.4. The molecule has 5 heteroatoms. The zero-order chi connectivity index (χ0) is 14.2. The number of nitrogens with one attached hydrogen (secondary N) is 1. The van der Waals surface area contributed by atoms with E-state index in [0.29, 0.717) is 0 Å². The monoisotopic (exact) mass is 287 g/mol. The highest BCUT2D eigenvalue weighted by Crippen LogP contribution is 2.42. The highest BCUT2D eigenvalue weighted by molar-refractivity contribution is 6.70. The van der Waals surface area contributed by atoms with Gasteiger partial charge in [-0.15, -0.1) is 6.58 Å². The Kier molecular flexibility index (Phi) is 7.24. The first kappa shape index (κ1) is 16.9. The van der Waals surface area contributed by atoms with Gasteiger partial charge in [0.25, 0.3) is 0 Å². The largest absolute Gasteiger partial charge is 0.396 e. The predicted octanol–water partition coefficient (Wildman–Crippen LogP) is 2.39. The van der Waals surface area contributed by atoms with Crippen LogP contribution in [0.3, 0.4) is 0 Å². The summed E-state index contributed by atoms with van der Waals surface area (Å²) in [5, 5.41) is 3.15. The van der Waals surface area contributed by atoms with Gasteiger partial charge in [-0.1, -0.05) is 18.9 Å². The zero-order valence-electron chi connectivity index (χ0n) is 12.7. The molecule has 0 amide bonds. The summed E-state index contributed by atoms with van der Waals surface area (Å²) < 4.78 is 17.7. The van der Waals surface area contributed by atoms with Crippen LogP contribution in [0.15, 0.2) is 12.7 Å². The molecular weight excluding hydrogens is 258 g/mol. The lowest BCUT2D eigenvalue weighted by molar-refractivity contribution is -0.0156. The van der Waals surface area contributed by atoms with Crippen molar-refractivity contribution < 1.29 is 13.6 Å². The fraction of sp³-hybridized carbons (Fsp3) is 0.857. The lowest BCUT2D eigenvalue weighted by Gasteiger charge is -2.48. The van der Waals surface area contributed by atoms with Gasteiger partial charge in [-0.3, -0.25) is 0 Å². The Morgan fingerprint density at radius 2 is 2.00 bits per heavy atom. The maximum atomic E-state index is 5.95. The van der Waals surface area contributed by atoms with Crippen molar-refractivity contribution in [3.8, 4) is 0 Å². The molecule has 1 atom stereocenters. The van der Waals surface area contributed by atoms with Crippen molar-refractivity contribution in [2.24, 2.45) is 0 Å². The molecule has 1 unspecified atom stereocenters. The van der Waals surface area contributed by atoms with Gasteiger partial charge in [-0.05, 0) is 31.9 Å². The van der Waals surface area contributed by atoms with Gasteiger partial charge in [-0.2, -0.15) is 0 Å². The zero-order valence-corrected chi connectivity index (χ0v) is 13.7. The van der Waals surface area contributed by atoms with Gasteiger partial charge in [0.15, 0.2) is 0 Å². The Morgan fingerprint density at radius 3 is 2.58 bits per heavy atom. The maximum absolute atomic E-state index is 5.95. The molecule has 1 saturated heterocycles. The third kappa shape index (κ3) is 3.67. The molecule has 1 heterocycles. The highest BCUT2D eigenvalue weighted by Gasteiger charge is 2.58. The molecule has 112 valence electrons. The Bertz CT molecular complexity index is 271. The fourth-order valence-electron chi connectivity index (χ4n) is 3.22. The molecule has 0 spiro atoms. The second-order valence-electron chi connectivity index (χ2n) is 5.16. The summed E-state index contributed by atoms with van der Waals surface area (Å²) in [6.07, 6.45) is 7.41. The molecule has 4 nitrogen and oxygen atoms in total. The quantitative estimate of drug-likeness (QED) is 0.401. The van der Waals surface area contributed by atoms with Crippen LogP contribution in [0.2, 0.25) is 6.04 Å². The SMILES string of the molecule is C=CCNCCCC1(OC)CCCC[Si]1(OC)OC. The minimum absolute atomic E-state index is 0.190. The third-order valence-electron chi connectivity index (χ3n) is 4.30. The molecule has 0 bridgehead atoms. The van der Waals surface area contributed by atoms with Crippen molar-refractivity contribution in [3.05, 3.63) is 12.7 Å². The van der Waals surface area contributed by atoms with Gasteiger partial charge in [0.2, 0.25) is 0 Å². The number of methoxy groups -OCH3 is 1. The molecular formula is C14H29NO3Si. The molecule has 0 aromatic rings. The van der Waals surface area contributed by atoms with Crippen LogP contribution in [0.5, 0.6) is 0 Å². The minimum Gasteiger partial charge on any atom is -0.396 e. The number of hydrogen-bond acceptors (Lipinski definition) is 4. The van der Waals surface area contributed by atoms with Gasteiger partial charge >= 0.3 is 8.56 Å². The van der Waals surface area contributed by atoms with Crippen molar-refractivity contribution in [1.29, 1.82) is 0 Å². The molecule has 1 rings (SSSR count). The fourth-order valence-corrected chi connectivity index (χ4v) is 7.14. The summed E-state index contributed by atoms with van der Waals surface area (Å²) in [4.78, 5) is 0. The summed E-state index contributed by atoms with van der Waals surface area (Å²) in [6.45, 7) is 5.55. The first-order chi connectivity index (χ1) is 9.20. The second-order valence-corrected chi connectivity index (χ2v) is 8.90. The first-order valence-electron chi connectivity index (χ1n) is 7.17. The van der Waals surface area contributed by atoms with Gasteiger partial charge in [0.05, 0.1) is 0 Å². The van der Waals surface area contributed by atoms with Crippen molar-refractivity contribution in [2.45, 2.75) is 43.4 Å². The van der Waals surface area contributed by atoms with Crippen LogP contribution in [-0.4, -0.2) is 48.2 Å². The smallest absolute Gasteiger partial charge is 0.370 e. The Morgan fingerprint density at radius 1 is 1.26 bits per heavy atom. The average molecular weight is 287 g/mol. The summed E-state index contributed by atoms with van der Waals surface area (Å²) >= 11 is 0. The van der Waals surface area contributed by atoms with Crippen LogP contribution in [0.4, 0.5) is 0 Å². The van der Waals surface area contributed by atoms with Crippen LogP contribution in [0.1, 0.15) is 32.1 Å². The van der Waals surface area contributed by atoms with Gasteiger partial charge in [0.1, 0.15) is 5.22 Å². The third-order valence-corrected chi connectivity index (χ3v) is 8.73. The van der Waals surface area contributed by atoms with E-state index in [1.54, 1.807) is 14.2 Å². The van der Waals surface area contributed by atoms with E-state index in [-0.39, 0.29) is 5.22 Å². The van der Waals surface area contributed by atoms with E-state index in [1.807, 2.05) is 13.2 Å². The molecule has 0 radical (unpaired) electrons. The molecule has 1 aliphatic heterocycles. The van der Waals surface area contributed by atoms with Crippen molar-refractivity contribution in [2.75, 3.05) is 34.4 Å². The predicted molar refractivity (Wildman–Crippen MR) is 80.5 cm³/mol. The van der Waals surface area contributed by atoms with E-state index in [2.05, 4.69) is 11.9 Å². The van der Waals surface area contributed by atoms with E-state index in [9.17, 15) is 0 Å². The molecule has 0 aromatic carbocycles. The van der Waals surface area contributed by atoms with Crippen molar-refractivity contribution in [3.63, 3.8) is 0 Å². The Balaban J connectivity index is 2.65. The number of hydrogen-bond donors (Lipinski definition) is 1. The van der Waals surface area contributed by atoms with Crippen LogP contribution < -0.4 is 5.32 Å². The van der Waals surface area contributed by atoms with Crippen LogP contribution in [0.25, 0.3) is 0 Å². The maximum Gasteiger partial charge on any atom is 0.370 e. The van der Waals surface area contributed by atoms with Crippen molar-refractivity contribution >= 4 is 8.56 Å². The van der Waals surface area contributed by atoms with Crippen molar-refractivity contribution in [1.82, 2.24) is 5.32 Å². The van der Waals surface area contributed by atoms with E-state index in [0.717, 1.165) is 38.4 Å². The topological polar surface area (TPSA) is 39.7 Å². The summed E-state index contributed by atoms with van der Waals surface area (Å²) in [7, 11) is 3.12. The molecule has 0 aliphatic carbocycles.